The van der Waals surface area contributed by atoms with E-state index >= 15 is 0 Å². The fourth-order valence-corrected chi connectivity index (χ4v) is 2.41. The molecule has 0 aliphatic carbocycles. The van der Waals surface area contributed by atoms with E-state index in [1.54, 1.807) is 0 Å². The van der Waals surface area contributed by atoms with Crippen molar-refractivity contribution in [3.8, 4) is 5.75 Å². The van der Waals surface area contributed by atoms with Crippen LogP contribution in [0.3, 0.4) is 0 Å². The molecule has 3 N–H and O–H groups in total. The Morgan fingerprint density at radius 1 is 1.43 bits per heavy atom. The zero-order valence-corrected chi connectivity index (χ0v) is 12.8. The maximum atomic E-state index is 8.74. The highest BCUT2D eigenvalue weighted by Crippen LogP contribution is 2.27. The van der Waals surface area contributed by atoms with Crippen molar-refractivity contribution in [1.29, 1.82) is 0 Å². The van der Waals surface area contributed by atoms with Gasteiger partial charge in [0.05, 0.1) is 6.61 Å². The van der Waals surface area contributed by atoms with Crippen LogP contribution in [0.5, 0.6) is 5.75 Å². The Bertz CT molecular complexity index is 532. The van der Waals surface area contributed by atoms with Crippen LogP contribution >= 0.6 is 0 Å². The summed E-state index contributed by atoms with van der Waals surface area (Å²) in [4.78, 5) is 0. The minimum absolute atomic E-state index is 0.0810. The second kappa shape index (κ2) is 5.91. The van der Waals surface area contributed by atoms with Crippen molar-refractivity contribution in [3.05, 3.63) is 28.8 Å². The molecule has 0 spiro atoms. The molecule has 0 bridgehead atoms. The Morgan fingerprint density at radius 3 is 2.52 bits per heavy atom. The Morgan fingerprint density at radius 2 is 2.05 bits per heavy atom. The second-order valence-corrected chi connectivity index (χ2v) is 5.69. The van der Waals surface area contributed by atoms with E-state index in [4.69, 9.17) is 25.2 Å². The number of ether oxygens (including phenoxy) is 3. The summed E-state index contributed by atoms with van der Waals surface area (Å²) in [6.07, 6.45) is -0.0810. The maximum Gasteiger partial charge on any atom is 0.170 e. The molecule has 1 aromatic rings. The fourth-order valence-electron chi connectivity index (χ4n) is 2.41. The van der Waals surface area contributed by atoms with Gasteiger partial charge >= 0.3 is 0 Å². The van der Waals surface area contributed by atoms with Gasteiger partial charge in [-0.25, -0.2) is 0 Å². The van der Waals surface area contributed by atoms with Gasteiger partial charge in [0, 0.05) is 5.56 Å². The number of aryl methyl sites for hydroxylation is 2. The topological polar surface area (TPSA) is 86.3 Å². The zero-order chi connectivity index (χ0) is 15.6. The summed E-state index contributed by atoms with van der Waals surface area (Å²) >= 11 is 0. The molecule has 0 radical (unpaired) electrons. The fraction of sp³-hybridized carbons (Fsp3) is 0.533. The summed E-state index contributed by atoms with van der Waals surface area (Å²) in [6, 6.07) is 3.65. The second-order valence-electron chi connectivity index (χ2n) is 5.69. The van der Waals surface area contributed by atoms with Gasteiger partial charge in [0.25, 0.3) is 0 Å². The normalized spacial score (nSPS) is 21.5. The zero-order valence-electron chi connectivity index (χ0n) is 12.8. The predicted octanol–water partition coefficient (Wildman–Crippen LogP) is 1.93. The van der Waals surface area contributed by atoms with E-state index in [0.29, 0.717) is 18.8 Å². The van der Waals surface area contributed by atoms with Gasteiger partial charge in [0.1, 0.15) is 18.5 Å². The molecular weight excluding hydrogens is 272 g/mol. The van der Waals surface area contributed by atoms with Gasteiger partial charge in [-0.05, 0) is 51.0 Å². The lowest BCUT2D eigenvalue weighted by Gasteiger charge is -2.18. The highest BCUT2D eigenvalue weighted by molar-refractivity contribution is 5.97. The Balaban J connectivity index is 2.07. The van der Waals surface area contributed by atoms with Crippen LogP contribution in [-0.2, 0) is 9.47 Å². The number of benzene rings is 1. The third-order valence-corrected chi connectivity index (χ3v) is 3.34. The highest BCUT2D eigenvalue weighted by atomic mass is 16.7. The Labute approximate surface area is 124 Å². The van der Waals surface area contributed by atoms with Crippen LogP contribution in [-0.4, -0.2) is 36.1 Å². The van der Waals surface area contributed by atoms with Gasteiger partial charge in [-0.1, -0.05) is 5.16 Å². The molecule has 0 amide bonds. The van der Waals surface area contributed by atoms with Crippen LogP contribution in [0.25, 0.3) is 0 Å². The summed E-state index contributed by atoms with van der Waals surface area (Å²) in [7, 11) is 0. The molecule has 1 atom stereocenters. The van der Waals surface area contributed by atoms with Crippen molar-refractivity contribution in [2.75, 3.05) is 13.2 Å². The van der Waals surface area contributed by atoms with Crippen molar-refractivity contribution in [2.24, 2.45) is 10.9 Å². The first-order valence-electron chi connectivity index (χ1n) is 6.86. The number of nitrogens with zero attached hydrogens (tertiary/aromatic N) is 1. The summed E-state index contributed by atoms with van der Waals surface area (Å²) in [5, 5.41) is 11.7. The molecule has 0 saturated carbocycles. The minimum atomic E-state index is -0.548. The van der Waals surface area contributed by atoms with Gasteiger partial charge in [0.2, 0.25) is 0 Å². The third kappa shape index (κ3) is 3.65. The lowest BCUT2D eigenvalue weighted by atomic mass is 10.1. The standard InChI is InChI=1S/C15H22N2O4/c1-9-5-11(14(16)17-18)6-10(2)13(9)19-7-12-8-20-15(3,4)21-12/h5-6,12,18H,7-8H2,1-4H3,(H2,16,17)/t12-/m1/s1. The molecule has 0 unspecified atom stereocenters. The summed E-state index contributed by atoms with van der Waals surface area (Å²) in [5.41, 5.74) is 8.13. The third-order valence-electron chi connectivity index (χ3n) is 3.34. The SMILES string of the molecule is Cc1cc(/C(N)=N/O)cc(C)c1OC[C@@H]1COC(C)(C)O1. The number of hydrogen-bond donors (Lipinski definition) is 2. The number of rotatable bonds is 4. The van der Waals surface area contributed by atoms with E-state index < -0.39 is 5.79 Å². The molecule has 6 nitrogen and oxygen atoms in total. The first-order chi connectivity index (χ1) is 9.82. The molecule has 1 fully saturated rings. The molecule has 1 heterocycles. The van der Waals surface area contributed by atoms with E-state index in [1.165, 1.54) is 0 Å². The van der Waals surface area contributed by atoms with Crippen LogP contribution in [0.15, 0.2) is 17.3 Å². The minimum Gasteiger partial charge on any atom is -0.490 e. The predicted molar refractivity (Wildman–Crippen MR) is 78.8 cm³/mol. The van der Waals surface area contributed by atoms with Crippen LogP contribution in [0.2, 0.25) is 0 Å². The number of oxime groups is 1. The molecule has 116 valence electrons. The van der Waals surface area contributed by atoms with Gasteiger partial charge in [0.15, 0.2) is 11.6 Å². The number of amidine groups is 1. The number of hydrogen-bond acceptors (Lipinski definition) is 5. The first kappa shape index (κ1) is 15.6. The molecule has 6 heteroatoms. The van der Waals surface area contributed by atoms with E-state index in [1.807, 2.05) is 39.8 Å². The number of nitrogens with two attached hydrogens (primary N) is 1. The molecule has 1 saturated heterocycles. The van der Waals surface area contributed by atoms with Crippen molar-refractivity contribution in [3.63, 3.8) is 0 Å². The molecule has 1 aliphatic rings. The molecule has 1 aromatic carbocycles. The van der Waals surface area contributed by atoms with Crippen molar-refractivity contribution >= 4 is 5.84 Å². The average molecular weight is 294 g/mol. The van der Waals surface area contributed by atoms with Crippen molar-refractivity contribution in [1.82, 2.24) is 0 Å². The van der Waals surface area contributed by atoms with Crippen LogP contribution in [0.4, 0.5) is 0 Å². The van der Waals surface area contributed by atoms with E-state index in [2.05, 4.69) is 5.16 Å². The van der Waals surface area contributed by atoms with Crippen molar-refractivity contribution in [2.45, 2.75) is 39.6 Å². The van der Waals surface area contributed by atoms with Gasteiger partial charge in [-0.15, -0.1) is 0 Å². The van der Waals surface area contributed by atoms with Gasteiger partial charge in [-0.2, -0.15) is 0 Å². The van der Waals surface area contributed by atoms with Gasteiger partial charge in [-0.3, -0.25) is 0 Å². The molecular formula is C15H22N2O4. The van der Waals surface area contributed by atoms with Crippen molar-refractivity contribution < 1.29 is 19.4 Å². The quantitative estimate of drug-likeness (QED) is 0.383. The van der Waals surface area contributed by atoms with E-state index in [0.717, 1.165) is 16.9 Å². The van der Waals surface area contributed by atoms with Gasteiger partial charge < -0.3 is 25.2 Å². The van der Waals surface area contributed by atoms with Crippen LogP contribution < -0.4 is 10.5 Å². The molecule has 2 rings (SSSR count). The summed E-state index contributed by atoms with van der Waals surface area (Å²) < 4.78 is 17.1. The lowest BCUT2D eigenvalue weighted by Crippen LogP contribution is -2.25. The molecule has 1 aliphatic heterocycles. The van der Waals surface area contributed by atoms with E-state index in [-0.39, 0.29) is 11.9 Å². The maximum absolute atomic E-state index is 8.74. The Hall–Kier alpha value is -1.79. The van der Waals surface area contributed by atoms with Crippen LogP contribution in [0, 0.1) is 13.8 Å². The summed E-state index contributed by atoms with van der Waals surface area (Å²) in [5.74, 6) is 0.327. The Kier molecular flexibility index (Phi) is 4.39. The summed E-state index contributed by atoms with van der Waals surface area (Å²) in [6.45, 7) is 8.56. The first-order valence-corrected chi connectivity index (χ1v) is 6.86. The monoisotopic (exact) mass is 294 g/mol. The van der Waals surface area contributed by atoms with Crippen LogP contribution in [0.1, 0.15) is 30.5 Å². The largest absolute Gasteiger partial charge is 0.490 e. The molecule has 0 aromatic heterocycles. The van der Waals surface area contributed by atoms with E-state index in [9.17, 15) is 0 Å². The highest BCUT2D eigenvalue weighted by Gasteiger charge is 2.33. The lowest BCUT2D eigenvalue weighted by molar-refractivity contribution is -0.141. The molecule has 21 heavy (non-hydrogen) atoms. The smallest absolute Gasteiger partial charge is 0.170 e. The average Bonchev–Trinajstić information content (AvgIpc) is 2.76.